The lowest BCUT2D eigenvalue weighted by molar-refractivity contribution is -0.384. The maximum atomic E-state index is 12.0. The largest absolute Gasteiger partial charge is 0.353 e. The van der Waals surface area contributed by atoms with Gasteiger partial charge in [0.1, 0.15) is 5.69 Å². The van der Waals surface area contributed by atoms with Crippen molar-refractivity contribution in [2.75, 3.05) is 25.0 Å². The molecule has 7 nitrogen and oxygen atoms in total. The summed E-state index contributed by atoms with van der Waals surface area (Å²) in [6, 6.07) is 14.1. The smallest absolute Gasteiger partial charge is 0.269 e. The fourth-order valence-electron chi connectivity index (χ4n) is 3.88. The number of aldehydes is 1. The Kier molecular flexibility index (Phi) is 5.08. The first kappa shape index (κ1) is 18.2. The summed E-state index contributed by atoms with van der Waals surface area (Å²) in [6.45, 7) is 3.89. The van der Waals surface area contributed by atoms with E-state index in [2.05, 4.69) is 14.8 Å². The Hall–Kier alpha value is -3.19. The summed E-state index contributed by atoms with van der Waals surface area (Å²) >= 11 is 0. The van der Waals surface area contributed by atoms with Gasteiger partial charge in [-0.15, -0.1) is 0 Å². The van der Waals surface area contributed by atoms with Crippen molar-refractivity contribution in [2.24, 2.45) is 0 Å². The number of hydrogen-bond acceptors (Lipinski definition) is 5. The monoisotopic (exact) mass is 378 g/mol. The number of anilines is 2. The fourth-order valence-corrected chi connectivity index (χ4v) is 3.88. The molecule has 1 aromatic heterocycles. The number of fused-ring (bicyclic) bond motifs is 1. The van der Waals surface area contributed by atoms with Gasteiger partial charge in [0.25, 0.3) is 5.69 Å². The fraction of sp³-hybridized carbons (Fsp3) is 0.286. The van der Waals surface area contributed by atoms with Crippen molar-refractivity contribution in [3.05, 3.63) is 64.3 Å². The number of aromatic nitrogens is 1. The second kappa shape index (κ2) is 7.82. The lowest BCUT2D eigenvalue weighted by Gasteiger charge is -2.16. The van der Waals surface area contributed by atoms with Crippen molar-refractivity contribution in [3.63, 3.8) is 0 Å². The van der Waals surface area contributed by atoms with Crippen LogP contribution in [-0.2, 0) is 6.54 Å². The molecular weight excluding hydrogens is 356 g/mol. The molecule has 1 aliphatic rings. The van der Waals surface area contributed by atoms with Crippen LogP contribution in [0.25, 0.3) is 10.9 Å². The highest BCUT2D eigenvalue weighted by Gasteiger charge is 2.18. The SMILES string of the molecule is O=Cc1c(Nc2ccc([N+](=O)[O-])cc2)c2ccccc2n1CCN1CCCC1. The third kappa shape index (κ3) is 3.48. The van der Waals surface area contributed by atoms with E-state index in [0.717, 1.165) is 49.1 Å². The second-order valence-corrected chi connectivity index (χ2v) is 7.02. The van der Waals surface area contributed by atoms with Crippen molar-refractivity contribution in [2.45, 2.75) is 19.4 Å². The Labute approximate surface area is 162 Å². The Morgan fingerprint density at radius 1 is 1.04 bits per heavy atom. The Morgan fingerprint density at radius 3 is 2.43 bits per heavy atom. The summed E-state index contributed by atoms with van der Waals surface area (Å²) in [5.74, 6) is 0. The van der Waals surface area contributed by atoms with Crippen LogP contribution in [-0.4, -0.2) is 40.3 Å². The molecule has 144 valence electrons. The number of carbonyl (C=O) groups excluding carboxylic acids is 1. The zero-order chi connectivity index (χ0) is 19.5. The lowest BCUT2D eigenvalue weighted by Crippen LogP contribution is -2.24. The van der Waals surface area contributed by atoms with Crippen molar-refractivity contribution in [3.8, 4) is 0 Å². The summed E-state index contributed by atoms with van der Waals surface area (Å²) in [5.41, 5.74) is 3.08. The first-order valence-corrected chi connectivity index (χ1v) is 9.47. The number of carbonyl (C=O) groups is 1. The number of non-ortho nitro benzene ring substituents is 1. The van der Waals surface area contributed by atoms with Crippen LogP contribution in [0.1, 0.15) is 23.3 Å². The zero-order valence-corrected chi connectivity index (χ0v) is 15.5. The molecule has 7 heteroatoms. The van der Waals surface area contributed by atoms with Gasteiger partial charge in [0.05, 0.1) is 16.1 Å². The maximum Gasteiger partial charge on any atom is 0.269 e. The van der Waals surface area contributed by atoms with E-state index in [9.17, 15) is 14.9 Å². The van der Waals surface area contributed by atoms with Gasteiger partial charge < -0.3 is 14.8 Å². The van der Waals surface area contributed by atoms with Gasteiger partial charge in [-0.1, -0.05) is 18.2 Å². The molecule has 0 saturated carbocycles. The second-order valence-electron chi connectivity index (χ2n) is 7.02. The molecule has 1 saturated heterocycles. The summed E-state index contributed by atoms with van der Waals surface area (Å²) in [4.78, 5) is 24.8. The van der Waals surface area contributed by atoms with Gasteiger partial charge in [-0.05, 0) is 44.1 Å². The van der Waals surface area contributed by atoms with Crippen LogP contribution in [0.5, 0.6) is 0 Å². The maximum absolute atomic E-state index is 12.0. The molecule has 1 fully saturated rings. The molecule has 2 aromatic carbocycles. The minimum atomic E-state index is -0.426. The third-order valence-electron chi connectivity index (χ3n) is 5.31. The molecule has 0 spiro atoms. The number of nitro groups is 1. The van der Waals surface area contributed by atoms with Gasteiger partial charge in [0.2, 0.25) is 0 Å². The number of nitrogens with zero attached hydrogens (tertiary/aromatic N) is 3. The van der Waals surface area contributed by atoms with E-state index < -0.39 is 4.92 Å². The summed E-state index contributed by atoms with van der Waals surface area (Å²) < 4.78 is 2.06. The topological polar surface area (TPSA) is 80.4 Å². The van der Waals surface area contributed by atoms with E-state index in [-0.39, 0.29) is 5.69 Å². The molecule has 0 radical (unpaired) electrons. The summed E-state index contributed by atoms with van der Waals surface area (Å²) in [7, 11) is 0. The highest BCUT2D eigenvalue weighted by atomic mass is 16.6. The molecular formula is C21H22N4O3. The number of likely N-dealkylation sites (tertiary alicyclic amines) is 1. The van der Waals surface area contributed by atoms with E-state index in [1.54, 1.807) is 12.1 Å². The van der Waals surface area contributed by atoms with Gasteiger partial charge >= 0.3 is 0 Å². The highest BCUT2D eigenvalue weighted by Crippen LogP contribution is 2.33. The van der Waals surface area contributed by atoms with Crippen LogP contribution >= 0.6 is 0 Å². The van der Waals surface area contributed by atoms with E-state index in [1.165, 1.54) is 25.0 Å². The number of nitrogens with one attached hydrogen (secondary N) is 1. The van der Waals surface area contributed by atoms with Crippen LogP contribution < -0.4 is 5.32 Å². The Balaban J connectivity index is 1.68. The molecule has 1 aliphatic heterocycles. The Bertz CT molecular complexity index is 1000. The molecule has 28 heavy (non-hydrogen) atoms. The summed E-state index contributed by atoms with van der Waals surface area (Å²) in [5, 5.41) is 15.1. The molecule has 2 heterocycles. The van der Waals surface area contributed by atoms with Crippen molar-refractivity contribution >= 4 is 34.3 Å². The Morgan fingerprint density at radius 2 is 1.75 bits per heavy atom. The highest BCUT2D eigenvalue weighted by molar-refractivity contribution is 6.03. The third-order valence-corrected chi connectivity index (χ3v) is 5.31. The number of nitro benzene ring substituents is 1. The standard InChI is InChI=1S/C21H22N4O3/c26-15-20-21(22-16-7-9-17(10-8-16)25(27)28)18-5-1-2-6-19(18)24(20)14-13-23-11-3-4-12-23/h1-2,5-10,15,22H,3-4,11-14H2. The molecule has 0 aliphatic carbocycles. The van der Waals surface area contributed by atoms with Gasteiger partial charge in [-0.3, -0.25) is 14.9 Å². The molecule has 0 atom stereocenters. The minimum Gasteiger partial charge on any atom is -0.353 e. The molecule has 0 amide bonds. The first-order chi connectivity index (χ1) is 13.7. The normalized spacial score (nSPS) is 14.4. The van der Waals surface area contributed by atoms with Crippen LogP contribution in [0.4, 0.5) is 17.1 Å². The van der Waals surface area contributed by atoms with E-state index in [0.29, 0.717) is 11.4 Å². The number of rotatable bonds is 7. The van der Waals surface area contributed by atoms with Gasteiger partial charge in [0, 0.05) is 36.3 Å². The van der Waals surface area contributed by atoms with Crippen molar-refractivity contribution in [1.82, 2.24) is 9.47 Å². The average molecular weight is 378 g/mol. The molecule has 0 unspecified atom stereocenters. The predicted octanol–water partition coefficient (Wildman–Crippen LogP) is 4.20. The summed E-state index contributed by atoms with van der Waals surface area (Å²) in [6.07, 6.45) is 3.36. The van der Waals surface area contributed by atoms with Gasteiger partial charge in [0.15, 0.2) is 6.29 Å². The number of para-hydroxylation sites is 1. The van der Waals surface area contributed by atoms with Crippen LogP contribution in [0.15, 0.2) is 48.5 Å². The molecule has 3 aromatic rings. The number of benzene rings is 2. The van der Waals surface area contributed by atoms with Crippen LogP contribution in [0.3, 0.4) is 0 Å². The molecule has 1 N–H and O–H groups in total. The lowest BCUT2D eigenvalue weighted by atomic mass is 10.2. The van der Waals surface area contributed by atoms with Gasteiger partial charge in [-0.25, -0.2) is 0 Å². The van der Waals surface area contributed by atoms with E-state index >= 15 is 0 Å². The zero-order valence-electron chi connectivity index (χ0n) is 15.5. The van der Waals surface area contributed by atoms with E-state index in [1.807, 2.05) is 24.3 Å². The minimum absolute atomic E-state index is 0.0363. The van der Waals surface area contributed by atoms with Crippen LogP contribution in [0, 0.1) is 10.1 Å². The van der Waals surface area contributed by atoms with Gasteiger partial charge in [-0.2, -0.15) is 0 Å². The van der Waals surface area contributed by atoms with E-state index in [4.69, 9.17) is 0 Å². The molecule has 0 bridgehead atoms. The predicted molar refractivity (Wildman–Crippen MR) is 109 cm³/mol. The van der Waals surface area contributed by atoms with Crippen molar-refractivity contribution in [1.29, 1.82) is 0 Å². The van der Waals surface area contributed by atoms with Crippen LogP contribution in [0.2, 0.25) is 0 Å². The molecule has 4 rings (SSSR count). The quantitative estimate of drug-likeness (QED) is 0.379. The number of hydrogen-bond donors (Lipinski definition) is 1. The van der Waals surface area contributed by atoms with Crippen molar-refractivity contribution < 1.29 is 9.72 Å². The average Bonchev–Trinajstić information content (AvgIpc) is 3.33. The first-order valence-electron chi connectivity index (χ1n) is 9.47.